The smallest absolute Gasteiger partial charge is 0.170 e. The molecule has 1 aliphatic rings. The van der Waals surface area contributed by atoms with E-state index in [1.165, 1.54) is 0 Å². The zero-order chi connectivity index (χ0) is 15.7. The van der Waals surface area contributed by atoms with Gasteiger partial charge in [-0.2, -0.15) is 0 Å². The Morgan fingerprint density at radius 3 is 3.00 bits per heavy atom. The van der Waals surface area contributed by atoms with Gasteiger partial charge in [0.05, 0.1) is 11.6 Å². The van der Waals surface area contributed by atoms with Gasteiger partial charge in [0.2, 0.25) is 0 Å². The van der Waals surface area contributed by atoms with Crippen LogP contribution in [0, 0.1) is 11.6 Å². The maximum atomic E-state index is 13.8. The summed E-state index contributed by atoms with van der Waals surface area (Å²) in [5, 5.41) is 7.61. The quantitative estimate of drug-likeness (QED) is 0.859. The predicted octanol–water partition coefficient (Wildman–Crippen LogP) is 3.26. The second-order valence-corrected chi connectivity index (χ2v) is 5.53. The highest BCUT2D eigenvalue weighted by Crippen LogP contribution is 2.34. The third-order valence-corrected chi connectivity index (χ3v) is 4.23. The number of aromatic nitrogens is 1. The Kier molecular flexibility index (Phi) is 4.06. The van der Waals surface area contributed by atoms with E-state index in [-0.39, 0.29) is 17.4 Å². The lowest BCUT2D eigenvalue weighted by molar-refractivity contribution is 0.356. The van der Waals surface area contributed by atoms with Crippen LogP contribution in [-0.2, 0) is 0 Å². The molecular weight excluding hydrogens is 308 g/mol. The number of thiocarbonyl (C=S) groups is 1. The lowest BCUT2D eigenvalue weighted by atomic mass is 10.1. The lowest BCUT2D eigenvalue weighted by Crippen LogP contribution is -2.37. The second-order valence-electron chi connectivity index (χ2n) is 5.15. The molecule has 3 rings (SSSR count). The van der Waals surface area contributed by atoms with Gasteiger partial charge in [-0.1, -0.05) is 5.16 Å². The van der Waals surface area contributed by atoms with Crippen LogP contribution in [0.3, 0.4) is 0 Å². The first-order valence-corrected chi connectivity index (χ1v) is 7.41. The van der Waals surface area contributed by atoms with E-state index in [0.29, 0.717) is 10.8 Å². The van der Waals surface area contributed by atoms with Crippen molar-refractivity contribution in [2.75, 3.05) is 13.6 Å². The molecule has 1 unspecified atom stereocenters. The first-order chi connectivity index (χ1) is 10.6. The average molecular weight is 323 g/mol. The van der Waals surface area contributed by atoms with Crippen LogP contribution >= 0.6 is 12.2 Å². The molecule has 1 aromatic heterocycles. The molecule has 4 nitrogen and oxygen atoms in total. The summed E-state index contributed by atoms with van der Waals surface area (Å²) < 4.78 is 32.3. The van der Waals surface area contributed by atoms with E-state index in [2.05, 4.69) is 10.5 Å². The summed E-state index contributed by atoms with van der Waals surface area (Å²) in [6.45, 7) is 0.834. The summed E-state index contributed by atoms with van der Waals surface area (Å²) in [5.74, 6) is -0.847. The Labute approximate surface area is 132 Å². The summed E-state index contributed by atoms with van der Waals surface area (Å²) >= 11 is 5.28. The SMILES string of the molecule is CNC(=S)N1CCCC1c1cc(-c2cc(F)ccc2F)on1. The lowest BCUT2D eigenvalue weighted by Gasteiger charge is -2.24. The van der Waals surface area contributed by atoms with Crippen LogP contribution in [0.1, 0.15) is 24.6 Å². The molecule has 1 N–H and O–H groups in total. The van der Waals surface area contributed by atoms with Crippen LogP contribution < -0.4 is 5.32 Å². The van der Waals surface area contributed by atoms with Crippen LogP contribution in [0.25, 0.3) is 11.3 Å². The number of benzene rings is 1. The Bertz CT molecular complexity index is 704. The van der Waals surface area contributed by atoms with Gasteiger partial charge in [-0.3, -0.25) is 0 Å². The normalized spacial score (nSPS) is 17.8. The second kappa shape index (κ2) is 6.00. The number of nitrogens with zero attached hydrogens (tertiary/aromatic N) is 2. The molecular formula is C15H15F2N3OS. The summed E-state index contributed by atoms with van der Waals surface area (Å²) in [7, 11) is 1.77. The summed E-state index contributed by atoms with van der Waals surface area (Å²) in [6.07, 6.45) is 1.88. The summed E-state index contributed by atoms with van der Waals surface area (Å²) in [6, 6.07) is 4.89. The van der Waals surface area contributed by atoms with E-state index in [1.54, 1.807) is 13.1 Å². The number of hydrogen-bond acceptors (Lipinski definition) is 3. The first-order valence-electron chi connectivity index (χ1n) is 7.00. The molecule has 2 heterocycles. The summed E-state index contributed by atoms with van der Waals surface area (Å²) in [4.78, 5) is 2.03. The molecule has 1 fully saturated rings. The zero-order valence-electron chi connectivity index (χ0n) is 12.0. The highest BCUT2D eigenvalue weighted by atomic mass is 32.1. The molecule has 22 heavy (non-hydrogen) atoms. The van der Waals surface area contributed by atoms with Crippen molar-refractivity contribution in [2.45, 2.75) is 18.9 Å². The van der Waals surface area contributed by atoms with Gasteiger partial charge in [0.25, 0.3) is 0 Å². The molecule has 116 valence electrons. The monoisotopic (exact) mass is 323 g/mol. The van der Waals surface area contributed by atoms with Crippen molar-refractivity contribution < 1.29 is 13.3 Å². The van der Waals surface area contributed by atoms with Crippen molar-refractivity contribution in [3.8, 4) is 11.3 Å². The standard InChI is InChI=1S/C15H15F2N3OS/c1-18-15(22)20-6-2-3-13(20)12-8-14(21-19-12)10-7-9(16)4-5-11(10)17/h4-5,7-8,13H,2-3,6H2,1H3,(H,18,22). The fourth-order valence-electron chi connectivity index (χ4n) is 2.72. The molecule has 0 spiro atoms. The van der Waals surface area contributed by atoms with Crippen molar-refractivity contribution in [1.82, 2.24) is 15.4 Å². The number of nitrogens with one attached hydrogen (secondary N) is 1. The molecule has 7 heteroatoms. The highest BCUT2D eigenvalue weighted by molar-refractivity contribution is 7.80. The van der Waals surface area contributed by atoms with Crippen molar-refractivity contribution in [1.29, 1.82) is 0 Å². The van der Waals surface area contributed by atoms with E-state index in [9.17, 15) is 8.78 Å². The highest BCUT2D eigenvalue weighted by Gasteiger charge is 2.30. The van der Waals surface area contributed by atoms with E-state index in [0.717, 1.165) is 37.6 Å². The Balaban J connectivity index is 1.90. The molecule has 2 aromatic rings. The fourth-order valence-corrected chi connectivity index (χ4v) is 2.94. The van der Waals surface area contributed by atoms with Crippen LogP contribution in [-0.4, -0.2) is 28.8 Å². The molecule has 0 radical (unpaired) electrons. The van der Waals surface area contributed by atoms with Crippen molar-refractivity contribution in [3.05, 3.63) is 41.6 Å². The molecule has 0 bridgehead atoms. The number of halogens is 2. The Hall–Kier alpha value is -2.02. The first kappa shape index (κ1) is 14.9. The van der Waals surface area contributed by atoms with Crippen molar-refractivity contribution in [3.63, 3.8) is 0 Å². The van der Waals surface area contributed by atoms with E-state index in [4.69, 9.17) is 16.7 Å². The minimum absolute atomic E-state index is 0.00549. The third kappa shape index (κ3) is 2.68. The van der Waals surface area contributed by atoms with Gasteiger partial charge in [-0.15, -0.1) is 0 Å². The van der Waals surface area contributed by atoms with Gasteiger partial charge in [0.15, 0.2) is 10.9 Å². The van der Waals surface area contributed by atoms with Crippen molar-refractivity contribution in [2.24, 2.45) is 0 Å². The van der Waals surface area contributed by atoms with Gasteiger partial charge in [0.1, 0.15) is 17.3 Å². The molecule has 0 saturated carbocycles. The Morgan fingerprint density at radius 1 is 1.41 bits per heavy atom. The van der Waals surface area contributed by atoms with Crippen LogP contribution in [0.15, 0.2) is 28.8 Å². The molecule has 0 aliphatic carbocycles. The van der Waals surface area contributed by atoms with Gasteiger partial charge in [0, 0.05) is 19.7 Å². The average Bonchev–Trinajstić information content (AvgIpc) is 3.17. The van der Waals surface area contributed by atoms with E-state index < -0.39 is 11.6 Å². The molecule has 1 aliphatic heterocycles. The largest absolute Gasteiger partial charge is 0.366 e. The van der Waals surface area contributed by atoms with Crippen LogP contribution in [0.4, 0.5) is 8.78 Å². The van der Waals surface area contributed by atoms with Gasteiger partial charge >= 0.3 is 0 Å². The zero-order valence-corrected chi connectivity index (χ0v) is 12.8. The molecule has 0 amide bonds. The number of likely N-dealkylation sites (tertiary alicyclic amines) is 1. The van der Waals surface area contributed by atoms with Crippen LogP contribution in [0.5, 0.6) is 0 Å². The van der Waals surface area contributed by atoms with Gasteiger partial charge in [-0.25, -0.2) is 8.78 Å². The molecule has 1 aromatic carbocycles. The molecule has 1 atom stereocenters. The minimum Gasteiger partial charge on any atom is -0.366 e. The van der Waals surface area contributed by atoms with E-state index >= 15 is 0 Å². The van der Waals surface area contributed by atoms with Gasteiger partial charge in [-0.05, 0) is 43.3 Å². The fraction of sp³-hybridized carbons (Fsp3) is 0.333. The maximum absolute atomic E-state index is 13.8. The number of rotatable bonds is 2. The Morgan fingerprint density at radius 2 is 2.23 bits per heavy atom. The number of hydrogen-bond donors (Lipinski definition) is 1. The predicted molar refractivity (Wildman–Crippen MR) is 82.2 cm³/mol. The summed E-state index contributed by atoms with van der Waals surface area (Å²) in [5.41, 5.74) is 0.744. The van der Waals surface area contributed by atoms with E-state index in [1.807, 2.05) is 4.90 Å². The van der Waals surface area contributed by atoms with Crippen molar-refractivity contribution >= 4 is 17.3 Å². The third-order valence-electron chi connectivity index (χ3n) is 3.79. The van der Waals surface area contributed by atoms with Gasteiger partial charge < -0.3 is 14.7 Å². The topological polar surface area (TPSA) is 41.3 Å². The minimum atomic E-state index is -0.543. The maximum Gasteiger partial charge on any atom is 0.170 e. The molecule has 1 saturated heterocycles. The van der Waals surface area contributed by atoms with Crippen LogP contribution in [0.2, 0.25) is 0 Å².